The second kappa shape index (κ2) is 7.40. The largest absolute Gasteiger partial charge is 0.394 e. The van der Waals surface area contributed by atoms with Crippen molar-refractivity contribution in [1.82, 2.24) is 10.6 Å². The molecule has 0 aliphatic heterocycles. The fourth-order valence-corrected chi connectivity index (χ4v) is 1.95. The van der Waals surface area contributed by atoms with E-state index in [-0.39, 0.29) is 19.0 Å². The maximum atomic E-state index is 13.4. The molecule has 2 aromatic rings. The number of amides is 2. The zero-order valence-corrected chi connectivity index (χ0v) is 11.4. The number of hydrogen-bond acceptors (Lipinski definition) is 2. The molecule has 0 saturated heterocycles. The van der Waals surface area contributed by atoms with Crippen LogP contribution in [-0.2, 0) is 6.54 Å². The highest BCUT2D eigenvalue weighted by molar-refractivity contribution is 5.74. The molecule has 1 atom stereocenters. The van der Waals surface area contributed by atoms with Gasteiger partial charge in [0.15, 0.2) is 0 Å². The summed E-state index contributed by atoms with van der Waals surface area (Å²) in [5.74, 6) is -0.362. The Morgan fingerprint density at radius 3 is 2.43 bits per heavy atom. The number of urea groups is 1. The first-order valence-corrected chi connectivity index (χ1v) is 6.64. The van der Waals surface area contributed by atoms with E-state index in [1.165, 1.54) is 6.07 Å². The molecule has 2 rings (SSSR count). The minimum Gasteiger partial charge on any atom is -0.394 e. The van der Waals surface area contributed by atoms with Crippen LogP contribution in [0.5, 0.6) is 0 Å². The van der Waals surface area contributed by atoms with Gasteiger partial charge in [0.1, 0.15) is 5.82 Å². The van der Waals surface area contributed by atoms with E-state index in [0.717, 1.165) is 5.56 Å². The third-order valence-corrected chi connectivity index (χ3v) is 3.09. The summed E-state index contributed by atoms with van der Waals surface area (Å²) in [4.78, 5) is 11.8. The van der Waals surface area contributed by atoms with Gasteiger partial charge in [0.25, 0.3) is 0 Å². The smallest absolute Gasteiger partial charge is 0.315 e. The van der Waals surface area contributed by atoms with Gasteiger partial charge in [-0.2, -0.15) is 0 Å². The van der Waals surface area contributed by atoms with Crippen LogP contribution in [0.2, 0.25) is 0 Å². The van der Waals surface area contributed by atoms with Crippen LogP contribution in [0.15, 0.2) is 54.6 Å². The van der Waals surface area contributed by atoms with E-state index < -0.39 is 12.1 Å². The predicted octanol–water partition coefficient (Wildman–Crippen LogP) is 2.36. The number of nitrogens with one attached hydrogen (secondary N) is 2. The molecule has 1 unspecified atom stereocenters. The van der Waals surface area contributed by atoms with Crippen LogP contribution < -0.4 is 10.6 Å². The minimum atomic E-state index is -0.494. The quantitative estimate of drug-likeness (QED) is 0.791. The highest BCUT2D eigenvalue weighted by Gasteiger charge is 2.13. The van der Waals surface area contributed by atoms with E-state index in [2.05, 4.69) is 10.6 Å². The summed E-state index contributed by atoms with van der Waals surface area (Å²) in [5.41, 5.74) is 1.22. The van der Waals surface area contributed by atoms with Crippen molar-refractivity contribution in [3.05, 3.63) is 71.5 Å². The van der Waals surface area contributed by atoms with Crippen molar-refractivity contribution in [1.29, 1.82) is 0 Å². The highest BCUT2D eigenvalue weighted by Crippen LogP contribution is 2.11. The molecular weight excluding hydrogens is 271 g/mol. The number of benzene rings is 2. The lowest BCUT2D eigenvalue weighted by Crippen LogP contribution is -2.39. The number of rotatable bonds is 5. The van der Waals surface area contributed by atoms with Crippen molar-refractivity contribution < 1.29 is 14.3 Å². The molecule has 0 fully saturated rings. The molecule has 0 radical (unpaired) electrons. The zero-order chi connectivity index (χ0) is 15.1. The molecule has 0 aliphatic rings. The molecule has 0 spiro atoms. The number of halogens is 1. The SMILES string of the molecule is O=C(NCc1ccccc1F)NC(CO)c1ccccc1. The topological polar surface area (TPSA) is 61.4 Å². The molecular formula is C16H17FN2O2. The van der Waals surface area contributed by atoms with Crippen LogP contribution >= 0.6 is 0 Å². The first-order valence-electron chi connectivity index (χ1n) is 6.64. The van der Waals surface area contributed by atoms with Gasteiger partial charge >= 0.3 is 6.03 Å². The van der Waals surface area contributed by atoms with Gasteiger partial charge in [-0.3, -0.25) is 0 Å². The summed E-state index contributed by atoms with van der Waals surface area (Å²) in [6.07, 6.45) is 0. The lowest BCUT2D eigenvalue weighted by molar-refractivity contribution is 0.216. The van der Waals surface area contributed by atoms with Crippen molar-refractivity contribution in [3.8, 4) is 0 Å². The Bertz CT molecular complexity index is 590. The molecule has 0 aliphatic carbocycles. The van der Waals surface area contributed by atoms with Crippen molar-refractivity contribution in [2.45, 2.75) is 12.6 Å². The number of hydrogen-bond donors (Lipinski definition) is 3. The van der Waals surface area contributed by atoms with Gasteiger partial charge in [-0.15, -0.1) is 0 Å². The molecule has 2 aromatic carbocycles. The summed E-state index contributed by atoms with van der Waals surface area (Å²) < 4.78 is 13.4. The van der Waals surface area contributed by atoms with Crippen LogP contribution in [-0.4, -0.2) is 17.7 Å². The Hall–Kier alpha value is -2.40. The Kier molecular flexibility index (Phi) is 5.29. The standard InChI is InChI=1S/C16H17FN2O2/c17-14-9-5-4-8-13(14)10-18-16(21)19-15(11-20)12-6-2-1-3-7-12/h1-9,15,20H,10-11H2,(H2,18,19,21). The van der Waals surface area contributed by atoms with E-state index in [1.54, 1.807) is 18.2 Å². The molecule has 21 heavy (non-hydrogen) atoms. The van der Waals surface area contributed by atoms with Crippen molar-refractivity contribution in [2.24, 2.45) is 0 Å². The summed E-state index contributed by atoms with van der Waals surface area (Å²) >= 11 is 0. The monoisotopic (exact) mass is 288 g/mol. The molecule has 5 heteroatoms. The first-order chi connectivity index (χ1) is 10.2. The normalized spacial score (nSPS) is 11.7. The fourth-order valence-electron chi connectivity index (χ4n) is 1.95. The predicted molar refractivity (Wildman–Crippen MR) is 78.0 cm³/mol. The van der Waals surface area contributed by atoms with E-state index in [1.807, 2.05) is 30.3 Å². The van der Waals surface area contributed by atoms with Crippen LogP contribution in [0.25, 0.3) is 0 Å². The van der Waals surface area contributed by atoms with E-state index in [9.17, 15) is 14.3 Å². The Balaban J connectivity index is 1.90. The average molecular weight is 288 g/mol. The maximum Gasteiger partial charge on any atom is 0.315 e. The lowest BCUT2D eigenvalue weighted by Gasteiger charge is -2.17. The van der Waals surface area contributed by atoms with E-state index in [0.29, 0.717) is 5.56 Å². The van der Waals surface area contributed by atoms with Crippen molar-refractivity contribution in [3.63, 3.8) is 0 Å². The molecule has 0 bridgehead atoms. The molecule has 4 nitrogen and oxygen atoms in total. The van der Waals surface area contributed by atoms with Gasteiger partial charge in [0, 0.05) is 12.1 Å². The Morgan fingerprint density at radius 2 is 1.76 bits per heavy atom. The Morgan fingerprint density at radius 1 is 1.10 bits per heavy atom. The van der Waals surface area contributed by atoms with Crippen LogP contribution in [0.1, 0.15) is 17.2 Å². The summed E-state index contributed by atoms with van der Waals surface area (Å²) in [6.45, 7) is -0.122. The summed E-state index contributed by atoms with van der Waals surface area (Å²) in [5, 5.41) is 14.6. The number of aliphatic hydroxyl groups is 1. The summed E-state index contributed by atoms with van der Waals surface area (Å²) in [7, 11) is 0. The average Bonchev–Trinajstić information content (AvgIpc) is 2.52. The van der Waals surface area contributed by atoms with Gasteiger partial charge in [-0.1, -0.05) is 48.5 Å². The first kappa shape index (κ1) is 15.0. The molecule has 3 N–H and O–H groups in total. The van der Waals surface area contributed by atoms with E-state index >= 15 is 0 Å². The van der Waals surface area contributed by atoms with Gasteiger partial charge in [-0.05, 0) is 11.6 Å². The lowest BCUT2D eigenvalue weighted by atomic mass is 10.1. The zero-order valence-electron chi connectivity index (χ0n) is 11.4. The maximum absolute atomic E-state index is 13.4. The van der Waals surface area contributed by atoms with Gasteiger partial charge < -0.3 is 15.7 Å². The molecule has 2 amide bonds. The second-order valence-electron chi connectivity index (χ2n) is 4.56. The third-order valence-electron chi connectivity index (χ3n) is 3.09. The summed E-state index contributed by atoms with van der Waals surface area (Å²) in [6, 6.07) is 14.5. The van der Waals surface area contributed by atoms with Gasteiger partial charge in [0.05, 0.1) is 12.6 Å². The third kappa shape index (κ3) is 4.29. The number of carbonyl (C=O) groups excluding carboxylic acids is 1. The number of aliphatic hydroxyl groups excluding tert-OH is 1. The fraction of sp³-hybridized carbons (Fsp3) is 0.188. The molecule has 0 saturated carbocycles. The van der Waals surface area contributed by atoms with E-state index in [4.69, 9.17) is 0 Å². The van der Waals surface area contributed by atoms with Crippen molar-refractivity contribution in [2.75, 3.05) is 6.61 Å². The Labute approximate surface area is 122 Å². The van der Waals surface area contributed by atoms with Crippen molar-refractivity contribution >= 4 is 6.03 Å². The molecule has 110 valence electrons. The highest BCUT2D eigenvalue weighted by atomic mass is 19.1. The second-order valence-corrected chi connectivity index (χ2v) is 4.56. The van der Waals surface area contributed by atoms with Gasteiger partial charge in [-0.25, -0.2) is 9.18 Å². The minimum absolute atomic E-state index is 0.0887. The van der Waals surface area contributed by atoms with Crippen LogP contribution in [0.3, 0.4) is 0 Å². The van der Waals surface area contributed by atoms with Crippen LogP contribution in [0.4, 0.5) is 9.18 Å². The molecule has 0 heterocycles. The number of carbonyl (C=O) groups is 1. The van der Waals surface area contributed by atoms with Gasteiger partial charge in [0.2, 0.25) is 0 Å². The van der Waals surface area contributed by atoms with Crippen LogP contribution in [0, 0.1) is 5.82 Å². The molecule has 0 aromatic heterocycles.